The van der Waals surface area contributed by atoms with E-state index in [0.717, 1.165) is 11.3 Å². The van der Waals surface area contributed by atoms with E-state index in [0.29, 0.717) is 45.8 Å². The van der Waals surface area contributed by atoms with Crippen LogP contribution in [0.25, 0.3) is 0 Å². The van der Waals surface area contributed by atoms with Crippen LogP contribution in [0, 0.1) is 0 Å². The van der Waals surface area contributed by atoms with E-state index in [2.05, 4.69) is 5.32 Å². The van der Waals surface area contributed by atoms with E-state index in [1.807, 2.05) is 24.3 Å². The highest BCUT2D eigenvalue weighted by Crippen LogP contribution is 2.18. The Labute approximate surface area is 130 Å². The van der Waals surface area contributed by atoms with Crippen LogP contribution >= 0.6 is 0 Å². The molecule has 0 aliphatic carbocycles. The second-order valence-corrected chi connectivity index (χ2v) is 5.44. The molecule has 1 aromatic carbocycles. The molecule has 1 aliphatic rings. The van der Waals surface area contributed by atoms with E-state index in [-0.39, 0.29) is 5.91 Å². The third kappa shape index (κ3) is 4.69. The van der Waals surface area contributed by atoms with Gasteiger partial charge in [0, 0.05) is 26.9 Å². The summed E-state index contributed by atoms with van der Waals surface area (Å²) < 4.78 is 15.7. The zero-order chi connectivity index (χ0) is 15.8. The van der Waals surface area contributed by atoms with Gasteiger partial charge in [-0.1, -0.05) is 12.1 Å². The molecular weight excluding hydrogens is 284 g/mol. The molecule has 0 radical (unpaired) electrons. The number of methoxy groups -OCH3 is 1. The number of hydrogen-bond donors (Lipinski definition) is 2. The summed E-state index contributed by atoms with van der Waals surface area (Å²) in [6.07, 6.45) is 1.11. The van der Waals surface area contributed by atoms with Crippen molar-refractivity contribution in [3.8, 4) is 5.75 Å². The first-order chi connectivity index (χ1) is 10.6. The van der Waals surface area contributed by atoms with Crippen molar-refractivity contribution in [2.45, 2.75) is 24.9 Å². The van der Waals surface area contributed by atoms with Crippen LogP contribution in [0.5, 0.6) is 5.75 Å². The average molecular weight is 308 g/mol. The average Bonchev–Trinajstić information content (AvgIpc) is 2.54. The van der Waals surface area contributed by atoms with Crippen molar-refractivity contribution in [1.82, 2.24) is 5.32 Å². The Kier molecular flexibility index (Phi) is 6.18. The van der Waals surface area contributed by atoms with Gasteiger partial charge in [0.15, 0.2) is 0 Å². The van der Waals surface area contributed by atoms with Crippen molar-refractivity contribution in [2.75, 3.05) is 33.5 Å². The maximum atomic E-state index is 12.2. The third-order valence-corrected chi connectivity index (χ3v) is 3.74. The summed E-state index contributed by atoms with van der Waals surface area (Å²) in [5.41, 5.74) is 6.30. The van der Waals surface area contributed by atoms with Gasteiger partial charge in [-0.2, -0.15) is 0 Å². The van der Waals surface area contributed by atoms with Crippen molar-refractivity contribution >= 4 is 5.91 Å². The molecule has 3 N–H and O–H groups in total. The van der Waals surface area contributed by atoms with Gasteiger partial charge in [0.25, 0.3) is 0 Å². The summed E-state index contributed by atoms with van der Waals surface area (Å²) in [4.78, 5) is 12.2. The fourth-order valence-electron chi connectivity index (χ4n) is 2.31. The molecule has 0 spiro atoms. The Bertz CT molecular complexity index is 487. The van der Waals surface area contributed by atoms with E-state index < -0.39 is 5.54 Å². The van der Waals surface area contributed by atoms with Gasteiger partial charge < -0.3 is 25.3 Å². The monoisotopic (exact) mass is 308 g/mol. The minimum Gasteiger partial charge on any atom is -0.491 e. The van der Waals surface area contributed by atoms with E-state index in [1.165, 1.54) is 0 Å². The van der Waals surface area contributed by atoms with Gasteiger partial charge in [0.2, 0.25) is 5.91 Å². The molecule has 0 atom stereocenters. The number of benzene rings is 1. The maximum Gasteiger partial charge on any atom is 0.240 e. The molecule has 1 heterocycles. The lowest BCUT2D eigenvalue weighted by molar-refractivity contribution is -0.129. The highest BCUT2D eigenvalue weighted by molar-refractivity contribution is 5.86. The summed E-state index contributed by atoms with van der Waals surface area (Å²) in [5, 5.41) is 2.90. The van der Waals surface area contributed by atoms with Crippen LogP contribution in [-0.2, 0) is 20.8 Å². The van der Waals surface area contributed by atoms with Gasteiger partial charge >= 0.3 is 0 Å². The summed E-state index contributed by atoms with van der Waals surface area (Å²) in [7, 11) is 1.63. The first-order valence-electron chi connectivity index (χ1n) is 7.50. The lowest BCUT2D eigenvalue weighted by Gasteiger charge is -2.31. The smallest absolute Gasteiger partial charge is 0.240 e. The van der Waals surface area contributed by atoms with E-state index in [4.69, 9.17) is 19.9 Å². The quantitative estimate of drug-likeness (QED) is 0.729. The Balaban J connectivity index is 1.85. The van der Waals surface area contributed by atoms with Crippen LogP contribution in [0.3, 0.4) is 0 Å². The number of carbonyl (C=O) groups excluding carboxylic acids is 1. The highest BCUT2D eigenvalue weighted by atomic mass is 16.5. The summed E-state index contributed by atoms with van der Waals surface area (Å²) in [5.74, 6) is 0.638. The van der Waals surface area contributed by atoms with Gasteiger partial charge in [-0.05, 0) is 30.5 Å². The number of nitrogens with one attached hydrogen (secondary N) is 1. The summed E-state index contributed by atoms with van der Waals surface area (Å²) >= 11 is 0. The van der Waals surface area contributed by atoms with Crippen LogP contribution in [0.2, 0.25) is 0 Å². The van der Waals surface area contributed by atoms with Crippen LogP contribution in [0.15, 0.2) is 24.3 Å². The van der Waals surface area contributed by atoms with Gasteiger partial charge in [0.1, 0.15) is 12.4 Å². The molecule has 1 aliphatic heterocycles. The predicted octanol–water partition coefficient (Wildman–Crippen LogP) is 0.836. The van der Waals surface area contributed by atoms with Crippen LogP contribution in [-0.4, -0.2) is 45.0 Å². The molecular formula is C16H24N2O4. The fraction of sp³-hybridized carbons (Fsp3) is 0.562. The fourth-order valence-corrected chi connectivity index (χ4v) is 2.31. The standard InChI is InChI=1S/C16H24N2O4/c1-20-9-10-22-14-4-2-3-13(11-14)12-18-15(19)16(17)5-7-21-8-6-16/h2-4,11H,5-10,12,17H2,1H3,(H,18,19). The molecule has 22 heavy (non-hydrogen) atoms. The Morgan fingerprint density at radius 2 is 2.14 bits per heavy atom. The number of amides is 1. The Morgan fingerprint density at radius 1 is 1.36 bits per heavy atom. The predicted molar refractivity (Wildman–Crippen MR) is 82.6 cm³/mol. The SMILES string of the molecule is COCCOc1cccc(CNC(=O)C2(N)CCOCC2)c1. The zero-order valence-electron chi connectivity index (χ0n) is 13.0. The van der Waals surface area contributed by atoms with Crippen molar-refractivity contribution in [1.29, 1.82) is 0 Å². The third-order valence-electron chi connectivity index (χ3n) is 3.74. The number of rotatable bonds is 7. The molecule has 1 saturated heterocycles. The van der Waals surface area contributed by atoms with Gasteiger partial charge in [-0.25, -0.2) is 0 Å². The molecule has 1 amide bonds. The van der Waals surface area contributed by atoms with Crippen LogP contribution in [0.1, 0.15) is 18.4 Å². The highest BCUT2D eigenvalue weighted by Gasteiger charge is 2.35. The largest absolute Gasteiger partial charge is 0.491 e. The van der Waals surface area contributed by atoms with Crippen molar-refractivity contribution in [2.24, 2.45) is 5.73 Å². The normalized spacial score (nSPS) is 17.0. The Hall–Kier alpha value is -1.63. The number of ether oxygens (including phenoxy) is 3. The lowest BCUT2D eigenvalue weighted by Crippen LogP contribution is -2.56. The Morgan fingerprint density at radius 3 is 2.86 bits per heavy atom. The van der Waals surface area contributed by atoms with Gasteiger partial charge in [0.05, 0.1) is 12.1 Å². The first kappa shape index (κ1) is 16.7. The molecule has 6 nitrogen and oxygen atoms in total. The number of carbonyl (C=O) groups is 1. The minimum absolute atomic E-state index is 0.124. The zero-order valence-corrected chi connectivity index (χ0v) is 13.0. The number of hydrogen-bond acceptors (Lipinski definition) is 5. The maximum absolute atomic E-state index is 12.2. The van der Waals surface area contributed by atoms with E-state index in [9.17, 15) is 4.79 Å². The van der Waals surface area contributed by atoms with E-state index >= 15 is 0 Å². The minimum atomic E-state index is -0.815. The summed E-state index contributed by atoms with van der Waals surface area (Å²) in [6, 6.07) is 7.62. The first-order valence-corrected chi connectivity index (χ1v) is 7.50. The molecule has 0 aromatic heterocycles. The van der Waals surface area contributed by atoms with Crippen molar-refractivity contribution in [3.05, 3.63) is 29.8 Å². The molecule has 1 fully saturated rings. The van der Waals surface area contributed by atoms with Crippen LogP contribution in [0.4, 0.5) is 0 Å². The second-order valence-electron chi connectivity index (χ2n) is 5.44. The van der Waals surface area contributed by atoms with Crippen molar-refractivity contribution in [3.63, 3.8) is 0 Å². The van der Waals surface area contributed by atoms with Crippen LogP contribution < -0.4 is 15.8 Å². The molecule has 0 saturated carbocycles. The topological polar surface area (TPSA) is 82.8 Å². The lowest BCUT2D eigenvalue weighted by atomic mass is 9.90. The second kappa shape index (κ2) is 8.12. The molecule has 0 unspecified atom stereocenters. The summed E-state index contributed by atoms with van der Waals surface area (Å²) in [6.45, 7) is 2.54. The van der Waals surface area contributed by atoms with Gasteiger partial charge in [-0.15, -0.1) is 0 Å². The van der Waals surface area contributed by atoms with Gasteiger partial charge in [-0.3, -0.25) is 4.79 Å². The molecule has 2 rings (SSSR count). The molecule has 1 aromatic rings. The van der Waals surface area contributed by atoms with Crippen molar-refractivity contribution < 1.29 is 19.0 Å². The van der Waals surface area contributed by atoms with E-state index in [1.54, 1.807) is 7.11 Å². The molecule has 6 heteroatoms. The molecule has 0 bridgehead atoms. The molecule has 122 valence electrons. The number of nitrogens with two attached hydrogens (primary N) is 1.